The topological polar surface area (TPSA) is 107 Å². The molecule has 0 saturated heterocycles. The zero-order chi connectivity index (χ0) is 22.1. The molecule has 8 heteroatoms. The average Bonchev–Trinajstić information content (AvgIpc) is 3.07. The van der Waals surface area contributed by atoms with E-state index in [0.29, 0.717) is 33.3 Å². The summed E-state index contributed by atoms with van der Waals surface area (Å²) in [6.45, 7) is 0. The third kappa shape index (κ3) is 3.93. The zero-order valence-electron chi connectivity index (χ0n) is 17.2. The summed E-state index contributed by atoms with van der Waals surface area (Å²) in [5.74, 6) is -0.368. The van der Waals surface area contributed by atoms with Crippen LogP contribution in [0.15, 0.2) is 36.4 Å². The van der Waals surface area contributed by atoms with E-state index < -0.39 is 17.8 Å². The van der Waals surface area contributed by atoms with Crippen molar-refractivity contribution < 1.29 is 19.4 Å². The van der Waals surface area contributed by atoms with Crippen molar-refractivity contribution in [3.05, 3.63) is 52.5 Å². The van der Waals surface area contributed by atoms with Gasteiger partial charge in [-0.1, -0.05) is 30.9 Å². The van der Waals surface area contributed by atoms with E-state index in [1.165, 1.54) is 13.5 Å². The second kappa shape index (κ2) is 8.51. The van der Waals surface area contributed by atoms with Gasteiger partial charge in [-0.3, -0.25) is 4.79 Å². The molecule has 7 nitrogen and oxygen atoms in total. The molecule has 162 valence electrons. The number of ether oxygens (including phenoxy) is 1. The molecule has 31 heavy (non-hydrogen) atoms. The molecular formula is C23H24ClN3O4. The first-order valence-corrected chi connectivity index (χ1v) is 10.6. The van der Waals surface area contributed by atoms with Gasteiger partial charge in [-0.25, -0.2) is 9.36 Å². The molecule has 0 bridgehead atoms. The lowest BCUT2D eigenvalue weighted by Gasteiger charge is -2.22. The Morgan fingerprint density at radius 2 is 1.84 bits per heavy atom. The van der Waals surface area contributed by atoms with Crippen molar-refractivity contribution in [2.24, 2.45) is 5.73 Å². The van der Waals surface area contributed by atoms with Crippen molar-refractivity contribution in [3.8, 4) is 11.6 Å². The molecule has 4 N–H and O–H groups in total. The Morgan fingerprint density at radius 3 is 2.45 bits per heavy atom. The van der Waals surface area contributed by atoms with Crippen LogP contribution < -0.4 is 15.8 Å². The van der Waals surface area contributed by atoms with Crippen molar-refractivity contribution >= 4 is 40.1 Å². The number of primary amides is 1. The highest BCUT2D eigenvalue weighted by molar-refractivity contribution is 6.30. The Labute approximate surface area is 184 Å². The predicted molar refractivity (Wildman–Crippen MR) is 120 cm³/mol. The Kier molecular flexibility index (Phi) is 5.78. The number of benzene rings is 2. The summed E-state index contributed by atoms with van der Waals surface area (Å²) in [7, 11) is 1.50. The van der Waals surface area contributed by atoms with E-state index in [1.807, 2.05) is 12.1 Å². The number of methoxy groups -OCH3 is 1. The zero-order valence-corrected chi connectivity index (χ0v) is 17.9. The summed E-state index contributed by atoms with van der Waals surface area (Å²) in [6.07, 6.45) is 5.58. The minimum atomic E-state index is -0.879. The van der Waals surface area contributed by atoms with E-state index in [4.69, 9.17) is 22.1 Å². The van der Waals surface area contributed by atoms with Gasteiger partial charge in [0, 0.05) is 10.7 Å². The SMILES string of the molecule is COc1cc(C2CCCCC2)cc2c1c(C(=O)Nc1ccc(Cl)cc1)c(O)n2C(N)=O. The molecule has 4 rings (SSSR count). The molecule has 0 radical (unpaired) electrons. The fourth-order valence-corrected chi connectivity index (χ4v) is 4.51. The third-order valence-electron chi connectivity index (χ3n) is 5.88. The maximum Gasteiger partial charge on any atom is 0.326 e. The maximum absolute atomic E-state index is 13.1. The number of nitrogens with zero attached hydrogens (tertiary/aromatic N) is 1. The number of carbonyl (C=O) groups excluding carboxylic acids is 2. The first kappa shape index (κ1) is 21.1. The predicted octanol–water partition coefficient (Wildman–Crippen LogP) is 5.24. The van der Waals surface area contributed by atoms with Crippen LogP contribution in [-0.2, 0) is 0 Å². The minimum absolute atomic E-state index is 0.0733. The monoisotopic (exact) mass is 441 g/mol. The lowest BCUT2D eigenvalue weighted by molar-refractivity contribution is 0.102. The van der Waals surface area contributed by atoms with Crippen LogP contribution in [0.1, 0.15) is 53.9 Å². The van der Waals surface area contributed by atoms with Gasteiger partial charge in [0.15, 0.2) is 0 Å². The lowest BCUT2D eigenvalue weighted by Crippen LogP contribution is -2.19. The largest absolute Gasteiger partial charge is 0.496 e. The lowest BCUT2D eigenvalue weighted by atomic mass is 9.83. The molecule has 0 atom stereocenters. The molecule has 0 spiro atoms. The second-order valence-corrected chi connectivity index (χ2v) is 8.22. The molecule has 1 aliphatic carbocycles. The quantitative estimate of drug-likeness (QED) is 0.514. The van der Waals surface area contributed by atoms with Gasteiger partial charge in [-0.15, -0.1) is 0 Å². The Morgan fingerprint density at radius 1 is 1.16 bits per heavy atom. The van der Waals surface area contributed by atoms with E-state index >= 15 is 0 Å². The number of amides is 2. The summed E-state index contributed by atoms with van der Waals surface area (Å²) < 4.78 is 6.55. The average molecular weight is 442 g/mol. The van der Waals surface area contributed by atoms with E-state index in [-0.39, 0.29) is 5.56 Å². The molecule has 0 aliphatic heterocycles. The van der Waals surface area contributed by atoms with Gasteiger partial charge in [0.25, 0.3) is 5.91 Å². The smallest absolute Gasteiger partial charge is 0.326 e. The molecule has 2 aromatic carbocycles. The van der Waals surface area contributed by atoms with E-state index in [0.717, 1.165) is 35.8 Å². The van der Waals surface area contributed by atoms with Crippen LogP contribution in [0.4, 0.5) is 10.5 Å². The second-order valence-electron chi connectivity index (χ2n) is 7.79. The molecule has 1 aromatic heterocycles. The molecular weight excluding hydrogens is 418 g/mol. The number of anilines is 1. The van der Waals surface area contributed by atoms with Gasteiger partial charge in [-0.2, -0.15) is 0 Å². The first-order chi connectivity index (χ1) is 14.9. The van der Waals surface area contributed by atoms with E-state index in [9.17, 15) is 14.7 Å². The summed E-state index contributed by atoms with van der Waals surface area (Å²) >= 11 is 5.90. The van der Waals surface area contributed by atoms with Crippen LogP contribution in [0.3, 0.4) is 0 Å². The van der Waals surface area contributed by atoms with Crippen molar-refractivity contribution in [1.29, 1.82) is 0 Å². The number of fused-ring (bicyclic) bond motifs is 1. The molecule has 3 aromatic rings. The molecule has 2 amide bonds. The van der Waals surface area contributed by atoms with Crippen molar-refractivity contribution in [1.82, 2.24) is 4.57 Å². The number of nitrogens with one attached hydrogen (secondary N) is 1. The fraction of sp³-hybridized carbons (Fsp3) is 0.304. The van der Waals surface area contributed by atoms with Crippen LogP contribution >= 0.6 is 11.6 Å². The highest BCUT2D eigenvalue weighted by Gasteiger charge is 2.29. The van der Waals surface area contributed by atoms with Gasteiger partial charge >= 0.3 is 6.03 Å². The summed E-state index contributed by atoms with van der Waals surface area (Å²) in [6, 6.07) is 9.41. The maximum atomic E-state index is 13.1. The summed E-state index contributed by atoms with van der Waals surface area (Å²) in [5, 5.41) is 14.4. The van der Waals surface area contributed by atoms with Crippen LogP contribution in [0.5, 0.6) is 11.6 Å². The van der Waals surface area contributed by atoms with Gasteiger partial charge in [-0.05, 0) is 60.7 Å². The standard InChI is InChI=1S/C23H24ClN3O4/c1-31-18-12-14(13-5-3-2-4-6-13)11-17-19(18)20(22(29)27(17)23(25)30)21(28)26-16-9-7-15(24)8-10-16/h7-13,29H,2-6H2,1H3,(H2,25,30)(H,26,28). The van der Waals surface area contributed by atoms with Gasteiger partial charge in [0.2, 0.25) is 5.88 Å². The first-order valence-electron chi connectivity index (χ1n) is 10.2. The third-order valence-corrected chi connectivity index (χ3v) is 6.13. The number of carbonyl (C=O) groups is 2. The van der Waals surface area contributed by atoms with E-state index in [2.05, 4.69) is 5.32 Å². The molecule has 1 fully saturated rings. The van der Waals surface area contributed by atoms with Crippen LogP contribution in [0.2, 0.25) is 5.02 Å². The van der Waals surface area contributed by atoms with Crippen LogP contribution in [0, 0.1) is 0 Å². The Hall–Kier alpha value is -3.19. The molecule has 1 saturated carbocycles. The summed E-state index contributed by atoms with van der Waals surface area (Å²) in [5.41, 5.74) is 7.34. The van der Waals surface area contributed by atoms with Crippen LogP contribution in [-0.4, -0.2) is 28.7 Å². The van der Waals surface area contributed by atoms with Gasteiger partial charge in [0.05, 0.1) is 18.0 Å². The number of aromatic hydroxyl groups is 1. The Bertz CT molecular complexity index is 1150. The molecule has 1 aliphatic rings. The van der Waals surface area contributed by atoms with Gasteiger partial charge < -0.3 is 20.9 Å². The van der Waals surface area contributed by atoms with Crippen molar-refractivity contribution in [2.45, 2.75) is 38.0 Å². The number of halogens is 1. The molecule has 1 heterocycles. The number of hydrogen-bond donors (Lipinski definition) is 3. The number of hydrogen-bond acceptors (Lipinski definition) is 4. The normalized spacial score (nSPS) is 14.5. The fourth-order valence-electron chi connectivity index (χ4n) is 4.38. The molecule has 0 unspecified atom stereocenters. The summed E-state index contributed by atoms with van der Waals surface area (Å²) in [4.78, 5) is 25.3. The van der Waals surface area contributed by atoms with Gasteiger partial charge in [0.1, 0.15) is 11.3 Å². The number of aromatic nitrogens is 1. The highest BCUT2D eigenvalue weighted by atomic mass is 35.5. The Balaban J connectivity index is 1.86. The number of nitrogens with two attached hydrogens (primary N) is 1. The van der Waals surface area contributed by atoms with Crippen molar-refractivity contribution in [3.63, 3.8) is 0 Å². The van der Waals surface area contributed by atoms with Crippen LogP contribution in [0.25, 0.3) is 10.9 Å². The minimum Gasteiger partial charge on any atom is -0.496 e. The highest BCUT2D eigenvalue weighted by Crippen LogP contribution is 2.42. The van der Waals surface area contributed by atoms with E-state index in [1.54, 1.807) is 24.3 Å². The number of rotatable bonds is 4. The van der Waals surface area contributed by atoms with Crippen molar-refractivity contribution in [2.75, 3.05) is 12.4 Å².